The van der Waals surface area contributed by atoms with Gasteiger partial charge in [-0.15, -0.1) is 0 Å². The van der Waals surface area contributed by atoms with Crippen molar-refractivity contribution >= 4 is 5.91 Å². The van der Waals surface area contributed by atoms with Gasteiger partial charge in [-0.1, -0.05) is 36.4 Å². The topological polar surface area (TPSA) is 42.4 Å². The largest absolute Gasteiger partial charge is 0.481 e. The van der Waals surface area contributed by atoms with Gasteiger partial charge in [0.15, 0.2) is 18.2 Å². The Morgan fingerprint density at radius 2 is 1.90 bits per heavy atom. The molecule has 1 amide bonds. The van der Waals surface area contributed by atoms with E-state index in [1.54, 1.807) is 4.90 Å². The molecule has 1 atom stereocenters. The van der Waals surface area contributed by atoms with Crippen LogP contribution in [0.5, 0.6) is 5.75 Å². The van der Waals surface area contributed by atoms with Gasteiger partial charge in [0.25, 0.3) is 5.91 Å². The SMILES string of the molecule is O=C(COc1ccc(F)cc1F)N1CCCC1c1ccc(Cc2ccccc2)cn1. The number of nitrogens with zero attached hydrogens (tertiary/aromatic N) is 2. The molecule has 4 nitrogen and oxygen atoms in total. The number of hydrogen-bond donors (Lipinski definition) is 0. The molecule has 1 unspecified atom stereocenters. The zero-order valence-corrected chi connectivity index (χ0v) is 16.4. The number of rotatable bonds is 6. The van der Waals surface area contributed by atoms with Crippen molar-refractivity contribution in [3.8, 4) is 5.75 Å². The van der Waals surface area contributed by atoms with Crippen molar-refractivity contribution in [3.05, 3.63) is 95.3 Å². The highest BCUT2D eigenvalue weighted by molar-refractivity contribution is 5.78. The standard InChI is InChI=1S/C24H22F2N2O2/c25-19-9-11-23(20(26)14-19)30-16-24(29)28-12-4-7-22(28)21-10-8-18(15-27-21)13-17-5-2-1-3-6-17/h1-3,5-6,8-11,14-15,22H,4,7,12-13,16H2. The molecule has 0 bridgehead atoms. The fraction of sp³-hybridized carbons (Fsp3) is 0.250. The molecule has 4 rings (SSSR count). The van der Waals surface area contributed by atoms with Crippen LogP contribution < -0.4 is 4.74 Å². The number of benzene rings is 2. The highest BCUT2D eigenvalue weighted by Crippen LogP contribution is 2.31. The lowest BCUT2D eigenvalue weighted by atomic mass is 10.0. The molecule has 0 saturated carbocycles. The molecule has 2 heterocycles. The molecular formula is C24H22F2N2O2. The molecule has 0 aliphatic carbocycles. The summed E-state index contributed by atoms with van der Waals surface area (Å²) in [5.41, 5.74) is 3.16. The fourth-order valence-corrected chi connectivity index (χ4v) is 3.76. The second kappa shape index (κ2) is 9.03. The minimum absolute atomic E-state index is 0.120. The van der Waals surface area contributed by atoms with Gasteiger partial charge in [-0.2, -0.15) is 0 Å². The number of aromatic nitrogens is 1. The Morgan fingerprint density at radius 3 is 2.63 bits per heavy atom. The van der Waals surface area contributed by atoms with E-state index in [-0.39, 0.29) is 24.3 Å². The zero-order chi connectivity index (χ0) is 20.9. The highest BCUT2D eigenvalue weighted by Gasteiger charge is 2.31. The molecule has 0 radical (unpaired) electrons. The molecule has 1 aliphatic heterocycles. The van der Waals surface area contributed by atoms with Crippen LogP contribution >= 0.6 is 0 Å². The minimum Gasteiger partial charge on any atom is -0.481 e. The number of pyridine rings is 1. The van der Waals surface area contributed by atoms with Crippen LogP contribution in [0, 0.1) is 11.6 Å². The van der Waals surface area contributed by atoms with Crippen molar-refractivity contribution in [1.29, 1.82) is 0 Å². The minimum atomic E-state index is -0.823. The predicted octanol–water partition coefficient (Wildman–Crippen LogP) is 4.69. The third-order valence-electron chi connectivity index (χ3n) is 5.26. The second-order valence-electron chi connectivity index (χ2n) is 7.36. The molecular weight excluding hydrogens is 386 g/mol. The van der Waals surface area contributed by atoms with Gasteiger partial charge in [0, 0.05) is 18.8 Å². The van der Waals surface area contributed by atoms with Gasteiger partial charge in [-0.25, -0.2) is 8.78 Å². The number of carbonyl (C=O) groups excluding carboxylic acids is 1. The van der Waals surface area contributed by atoms with Crippen molar-refractivity contribution in [2.45, 2.75) is 25.3 Å². The summed E-state index contributed by atoms with van der Waals surface area (Å²) < 4.78 is 32.0. The van der Waals surface area contributed by atoms with E-state index in [4.69, 9.17) is 4.74 Å². The van der Waals surface area contributed by atoms with E-state index >= 15 is 0 Å². The van der Waals surface area contributed by atoms with Crippen molar-refractivity contribution in [1.82, 2.24) is 9.88 Å². The van der Waals surface area contributed by atoms with Gasteiger partial charge < -0.3 is 9.64 Å². The maximum atomic E-state index is 13.7. The third kappa shape index (κ3) is 4.64. The summed E-state index contributed by atoms with van der Waals surface area (Å²) in [7, 11) is 0. The molecule has 30 heavy (non-hydrogen) atoms. The number of likely N-dealkylation sites (tertiary alicyclic amines) is 1. The smallest absolute Gasteiger partial charge is 0.261 e. The Balaban J connectivity index is 1.39. The summed E-state index contributed by atoms with van der Waals surface area (Å²) in [6, 6.07) is 17.1. The number of ether oxygens (including phenoxy) is 1. The van der Waals surface area contributed by atoms with E-state index in [1.807, 2.05) is 36.5 Å². The lowest BCUT2D eigenvalue weighted by molar-refractivity contribution is -0.134. The van der Waals surface area contributed by atoms with E-state index in [2.05, 4.69) is 17.1 Å². The third-order valence-corrected chi connectivity index (χ3v) is 5.26. The van der Waals surface area contributed by atoms with Crippen molar-refractivity contribution in [2.24, 2.45) is 0 Å². The molecule has 0 spiro atoms. The zero-order valence-electron chi connectivity index (χ0n) is 16.4. The summed E-state index contributed by atoms with van der Waals surface area (Å²) in [6.45, 7) is 0.303. The van der Waals surface area contributed by atoms with E-state index in [0.717, 1.165) is 42.7 Å². The van der Waals surface area contributed by atoms with Crippen LogP contribution in [0.3, 0.4) is 0 Å². The number of halogens is 2. The van der Waals surface area contributed by atoms with E-state index < -0.39 is 11.6 Å². The Morgan fingerprint density at radius 1 is 1.07 bits per heavy atom. The van der Waals surface area contributed by atoms with E-state index in [0.29, 0.717) is 6.54 Å². The Kier molecular flexibility index (Phi) is 6.02. The summed E-state index contributed by atoms with van der Waals surface area (Å²) in [6.07, 6.45) is 4.35. The first-order valence-corrected chi connectivity index (χ1v) is 9.96. The summed E-state index contributed by atoms with van der Waals surface area (Å²) in [5, 5.41) is 0. The number of carbonyl (C=O) groups is 1. The second-order valence-corrected chi connectivity index (χ2v) is 7.36. The summed E-state index contributed by atoms with van der Waals surface area (Å²) in [5.74, 6) is -1.88. The molecule has 0 N–H and O–H groups in total. The van der Waals surface area contributed by atoms with Gasteiger partial charge in [-0.3, -0.25) is 9.78 Å². The van der Waals surface area contributed by atoms with Crippen LogP contribution in [0.2, 0.25) is 0 Å². The van der Waals surface area contributed by atoms with Crippen LogP contribution in [0.4, 0.5) is 8.78 Å². The van der Waals surface area contributed by atoms with Crippen LogP contribution in [-0.2, 0) is 11.2 Å². The van der Waals surface area contributed by atoms with Crippen molar-refractivity contribution in [2.75, 3.05) is 13.2 Å². The van der Waals surface area contributed by atoms with Crippen LogP contribution in [0.15, 0.2) is 66.9 Å². The van der Waals surface area contributed by atoms with Gasteiger partial charge in [0.1, 0.15) is 5.82 Å². The fourth-order valence-electron chi connectivity index (χ4n) is 3.76. The molecule has 2 aromatic carbocycles. The van der Waals surface area contributed by atoms with Crippen LogP contribution in [0.25, 0.3) is 0 Å². The maximum Gasteiger partial charge on any atom is 0.261 e. The first kappa shape index (κ1) is 20.0. The first-order chi connectivity index (χ1) is 14.6. The van der Waals surface area contributed by atoms with E-state index in [9.17, 15) is 13.6 Å². The lowest BCUT2D eigenvalue weighted by Crippen LogP contribution is -2.34. The molecule has 154 valence electrons. The Labute approximate surface area is 174 Å². The van der Waals surface area contributed by atoms with Crippen molar-refractivity contribution in [3.63, 3.8) is 0 Å². The normalized spacial score (nSPS) is 15.9. The van der Waals surface area contributed by atoms with Gasteiger partial charge in [0.2, 0.25) is 0 Å². The predicted molar refractivity (Wildman–Crippen MR) is 109 cm³/mol. The molecule has 6 heteroatoms. The van der Waals surface area contributed by atoms with Gasteiger partial charge in [0.05, 0.1) is 11.7 Å². The molecule has 1 saturated heterocycles. The summed E-state index contributed by atoms with van der Waals surface area (Å²) in [4.78, 5) is 19.0. The number of amides is 1. The number of hydrogen-bond acceptors (Lipinski definition) is 3. The van der Waals surface area contributed by atoms with E-state index in [1.165, 1.54) is 11.6 Å². The highest BCUT2D eigenvalue weighted by atomic mass is 19.1. The van der Waals surface area contributed by atoms with Crippen LogP contribution in [-0.4, -0.2) is 28.9 Å². The lowest BCUT2D eigenvalue weighted by Gasteiger charge is -2.24. The average molecular weight is 408 g/mol. The van der Waals surface area contributed by atoms with Gasteiger partial charge in [-0.05, 0) is 48.6 Å². The van der Waals surface area contributed by atoms with Crippen LogP contribution in [0.1, 0.15) is 35.7 Å². The van der Waals surface area contributed by atoms with Gasteiger partial charge >= 0.3 is 0 Å². The summed E-state index contributed by atoms with van der Waals surface area (Å²) >= 11 is 0. The molecule has 1 aromatic heterocycles. The Hall–Kier alpha value is -3.28. The molecule has 1 aliphatic rings. The quantitative estimate of drug-likeness (QED) is 0.594. The van der Waals surface area contributed by atoms with Crippen molar-refractivity contribution < 1.29 is 18.3 Å². The monoisotopic (exact) mass is 408 g/mol. The Bertz CT molecular complexity index is 1010. The molecule has 3 aromatic rings. The maximum absolute atomic E-state index is 13.7. The first-order valence-electron chi connectivity index (χ1n) is 9.96. The molecule has 1 fully saturated rings. The average Bonchev–Trinajstić information content (AvgIpc) is 3.24.